The van der Waals surface area contributed by atoms with Crippen LogP contribution in [-0.2, 0) is 9.59 Å². The number of piperidine rings is 1. The van der Waals surface area contributed by atoms with Gasteiger partial charge in [-0.2, -0.15) is 0 Å². The highest BCUT2D eigenvalue weighted by Crippen LogP contribution is 2.44. The number of fused-ring (bicyclic) bond motifs is 3. The van der Waals surface area contributed by atoms with Gasteiger partial charge in [0.1, 0.15) is 0 Å². The molecule has 0 radical (unpaired) electrons. The van der Waals surface area contributed by atoms with E-state index in [1.165, 1.54) is 44.9 Å². The van der Waals surface area contributed by atoms with Crippen molar-refractivity contribution in [1.29, 1.82) is 0 Å². The van der Waals surface area contributed by atoms with Crippen molar-refractivity contribution in [2.24, 2.45) is 0 Å². The van der Waals surface area contributed by atoms with Crippen molar-refractivity contribution < 1.29 is 24.6 Å². The van der Waals surface area contributed by atoms with Crippen LogP contribution in [0.3, 0.4) is 0 Å². The normalized spacial score (nSPS) is 24.4. The summed E-state index contributed by atoms with van der Waals surface area (Å²) in [4.78, 5) is 56.6. The number of amides is 1. The van der Waals surface area contributed by atoms with E-state index in [0.717, 1.165) is 25.7 Å². The molecule has 1 aromatic heterocycles. The number of benzene rings is 1. The van der Waals surface area contributed by atoms with Gasteiger partial charge in [-0.25, -0.2) is 4.98 Å². The van der Waals surface area contributed by atoms with E-state index in [0.29, 0.717) is 29.2 Å². The topological polar surface area (TPSA) is 142 Å². The number of carbonyl (C=O) groups excluding carboxylic acids is 1. The number of carboxylic acid groups (broad SMARTS) is 2. The minimum absolute atomic E-state index is 0.0758. The Labute approximate surface area is 227 Å². The van der Waals surface area contributed by atoms with Crippen LogP contribution in [0.2, 0.25) is 0 Å². The molecule has 2 aromatic rings. The van der Waals surface area contributed by atoms with E-state index in [1.54, 1.807) is 16.7 Å². The minimum atomic E-state index is -1.24. The predicted molar refractivity (Wildman–Crippen MR) is 145 cm³/mol. The highest BCUT2D eigenvalue weighted by atomic mass is 16.4. The van der Waals surface area contributed by atoms with E-state index in [4.69, 9.17) is 10.2 Å². The van der Waals surface area contributed by atoms with Crippen molar-refractivity contribution in [2.75, 3.05) is 0 Å². The van der Waals surface area contributed by atoms with Crippen molar-refractivity contribution in [2.45, 2.75) is 114 Å². The molecule has 1 aliphatic carbocycles. The third-order valence-electron chi connectivity index (χ3n) is 8.81. The third-order valence-corrected chi connectivity index (χ3v) is 8.81. The van der Waals surface area contributed by atoms with Crippen LogP contribution in [0.5, 0.6) is 0 Å². The second kappa shape index (κ2) is 11.9. The van der Waals surface area contributed by atoms with Crippen LogP contribution in [0.4, 0.5) is 0 Å². The summed E-state index contributed by atoms with van der Waals surface area (Å²) >= 11 is 0. The number of aliphatic carboxylic acids is 2. The average molecular weight is 539 g/mol. The highest BCUT2D eigenvalue weighted by molar-refractivity contribution is 5.94. The Morgan fingerprint density at radius 2 is 1.44 bits per heavy atom. The monoisotopic (exact) mass is 538 g/mol. The third kappa shape index (κ3) is 6.00. The molecule has 2 bridgehead atoms. The summed E-state index contributed by atoms with van der Waals surface area (Å²) in [7, 11) is 0. The van der Waals surface area contributed by atoms with E-state index < -0.39 is 42.3 Å². The van der Waals surface area contributed by atoms with Crippen LogP contribution in [0.1, 0.15) is 100 Å². The Balaban J connectivity index is 1.44. The Bertz CT molecular complexity index is 1250. The number of aromatic nitrogens is 2. The van der Waals surface area contributed by atoms with Gasteiger partial charge in [-0.05, 0) is 50.7 Å². The maximum absolute atomic E-state index is 13.8. The zero-order chi connectivity index (χ0) is 27.5. The van der Waals surface area contributed by atoms with Gasteiger partial charge < -0.3 is 20.1 Å². The zero-order valence-electron chi connectivity index (χ0n) is 22.3. The number of nitrogens with zero attached hydrogens (tertiary/aromatic N) is 3. The van der Waals surface area contributed by atoms with E-state index in [9.17, 15) is 19.2 Å². The van der Waals surface area contributed by atoms with Crippen LogP contribution in [-0.4, -0.2) is 66.7 Å². The zero-order valence-corrected chi connectivity index (χ0v) is 22.3. The molecule has 3 fully saturated rings. The van der Waals surface area contributed by atoms with Crippen molar-refractivity contribution in [3.05, 3.63) is 40.3 Å². The molecule has 3 aliphatic rings. The summed E-state index contributed by atoms with van der Waals surface area (Å²) in [6, 6.07) is 7.45. The predicted octanol–water partition coefficient (Wildman–Crippen LogP) is 3.73. The molecule has 3 N–H and O–H groups in total. The lowest BCUT2D eigenvalue weighted by Gasteiger charge is -2.45. The molecule has 1 saturated carbocycles. The lowest BCUT2D eigenvalue weighted by atomic mass is 9.89. The molecule has 1 aromatic carbocycles. The van der Waals surface area contributed by atoms with Gasteiger partial charge in [-0.15, -0.1) is 0 Å². The molecule has 210 valence electrons. The average Bonchev–Trinajstić information content (AvgIpc) is 3.11. The molecule has 3 atom stereocenters. The number of hydrogen-bond acceptors (Lipinski definition) is 6. The quantitative estimate of drug-likeness (QED) is 0.462. The molecule has 0 spiro atoms. The number of para-hydroxylation sites is 2. The molecule has 10 nitrogen and oxygen atoms in total. The number of rotatable bonds is 8. The summed E-state index contributed by atoms with van der Waals surface area (Å²) in [6.07, 6.45) is 11.8. The van der Waals surface area contributed by atoms with Crippen molar-refractivity contribution in [3.63, 3.8) is 0 Å². The largest absolute Gasteiger partial charge is 0.481 e. The van der Waals surface area contributed by atoms with E-state index >= 15 is 0 Å². The first kappa shape index (κ1) is 27.3. The van der Waals surface area contributed by atoms with Gasteiger partial charge in [0.15, 0.2) is 5.69 Å². The Morgan fingerprint density at radius 3 is 2.05 bits per heavy atom. The SMILES string of the molecule is O=C(O)CC(CC(=O)O)NC(=O)c1nc2ccccc2n(C2C[C@H]3CC[C@@H](C2)N3C2CCCCCCC2)c1=O. The molecule has 5 rings (SSSR count). The van der Waals surface area contributed by atoms with Crippen LogP contribution in [0.25, 0.3) is 11.0 Å². The minimum Gasteiger partial charge on any atom is -0.481 e. The lowest BCUT2D eigenvalue weighted by Crippen LogP contribution is -2.50. The molecule has 2 saturated heterocycles. The van der Waals surface area contributed by atoms with Crippen molar-refractivity contribution in [3.8, 4) is 0 Å². The summed E-state index contributed by atoms with van der Waals surface area (Å²) in [5, 5.41) is 20.8. The van der Waals surface area contributed by atoms with Crippen LogP contribution in [0, 0.1) is 0 Å². The molecular formula is C29H38N4O6. The van der Waals surface area contributed by atoms with Gasteiger partial charge in [0.25, 0.3) is 11.5 Å². The molecule has 10 heteroatoms. The molecule has 1 unspecified atom stereocenters. The maximum Gasteiger partial charge on any atom is 0.305 e. The molecular weight excluding hydrogens is 500 g/mol. The van der Waals surface area contributed by atoms with Crippen LogP contribution in [0.15, 0.2) is 29.1 Å². The fourth-order valence-corrected chi connectivity index (χ4v) is 7.24. The summed E-state index contributed by atoms with van der Waals surface area (Å²) in [5.74, 6) is -3.32. The molecule has 2 aliphatic heterocycles. The first-order chi connectivity index (χ1) is 18.8. The van der Waals surface area contributed by atoms with Gasteiger partial charge in [0, 0.05) is 24.2 Å². The molecule has 1 amide bonds. The smallest absolute Gasteiger partial charge is 0.305 e. The second-order valence-corrected chi connectivity index (χ2v) is 11.4. The first-order valence-corrected chi connectivity index (χ1v) is 14.3. The maximum atomic E-state index is 13.8. The second-order valence-electron chi connectivity index (χ2n) is 11.4. The standard InChI is InChI=1S/C29H38N4O6/c34-25(35)14-18(15-26(36)37)30-28(38)27-29(39)33(24-11-7-6-10-23(24)31-27)22-16-20-12-13-21(17-22)32(20)19-8-4-2-1-3-5-9-19/h6-7,10-11,18-22H,1-5,8-9,12-17H2,(H,30,38)(H,34,35)(H,36,37)/t20-,21+,22?. The van der Waals surface area contributed by atoms with Gasteiger partial charge in [-0.1, -0.05) is 44.2 Å². The van der Waals surface area contributed by atoms with Gasteiger partial charge >= 0.3 is 11.9 Å². The van der Waals surface area contributed by atoms with Crippen molar-refractivity contribution in [1.82, 2.24) is 19.8 Å². The lowest BCUT2D eigenvalue weighted by molar-refractivity contribution is -0.139. The Morgan fingerprint density at radius 1 is 0.846 bits per heavy atom. The number of carboxylic acids is 2. The van der Waals surface area contributed by atoms with Gasteiger partial charge in [-0.3, -0.25) is 24.1 Å². The summed E-state index contributed by atoms with van der Waals surface area (Å²) in [5.41, 5.74) is 0.337. The molecule has 39 heavy (non-hydrogen) atoms. The van der Waals surface area contributed by atoms with Crippen molar-refractivity contribution >= 4 is 28.9 Å². The first-order valence-electron chi connectivity index (χ1n) is 14.3. The summed E-state index contributed by atoms with van der Waals surface area (Å²) < 4.78 is 1.72. The van der Waals surface area contributed by atoms with E-state index in [2.05, 4.69) is 15.2 Å². The summed E-state index contributed by atoms with van der Waals surface area (Å²) in [6.45, 7) is 0. The van der Waals surface area contributed by atoms with E-state index in [-0.39, 0.29) is 11.7 Å². The van der Waals surface area contributed by atoms with E-state index in [1.807, 2.05) is 12.1 Å². The van der Waals surface area contributed by atoms with Gasteiger partial charge in [0.05, 0.1) is 29.9 Å². The number of carbonyl (C=O) groups is 3. The van der Waals surface area contributed by atoms with Crippen LogP contribution < -0.4 is 10.9 Å². The molecule has 3 heterocycles. The fraction of sp³-hybridized carbons (Fsp3) is 0.621. The Kier molecular flexibility index (Phi) is 8.30. The van der Waals surface area contributed by atoms with Gasteiger partial charge in [0.2, 0.25) is 0 Å². The Hall–Kier alpha value is -3.27. The number of nitrogens with one attached hydrogen (secondary N) is 1. The number of hydrogen-bond donors (Lipinski definition) is 3. The fourth-order valence-electron chi connectivity index (χ4n) is 7.24. The van der Waals surface area contributed by atoms with Crippen LogP contribution >= 0.6 is 0 Å². The highest BCUT2D eigenvalue weighted by Gasteiger charge is 2.44.